The molecule has 2 N–H and O–H groups in total. The Balaban J connectivity index is 2.64. The SMILES string of the molecule is O=c1nc(-c2cccc(Cl)c2)[nH]c(=O)[nH]1. The van der Waals surface area contributed by atoms with Crippen LogP contribution in [0.2, 0.25) is 5.02 Å². The number of benzene rings is 1. The maximum Gasteiger partial charge on any atom is 0.351 e. The summed E-state index contributed by atoms with van der Waals surface area (Å²) >= 11 is 5.77. The first kappa shape index (κ1) is 9.67. The highest BCUT2D eigenvalue weighted by Crippen LogP contribution is 2.17. The average Bonchev–Trinajstić information content (AvgIpc) is 2.16. The fourth-order valence-corrected chi connectivity index (χ4v) is 1.36. The van der Waals surface area contributed by atoms with E-state index in [-0.39, 0.29) is 5.82 Å². The van der Waals surface area contributed by atoms with Crippen LogP contribution in [-0.2, 0) is 0 Å². The Morgan fingerprint density at radius 1 is 1.20 bits per heavy atom. The molecule has 0 fully saturated rings. The highest BCUT2D eigenvalue weighted by molar-refractivity contribution is 6.30. The Kier molecular flexibility index (Phi) is 2.39. The third kappa shape index (κ3) is 2.13. The lowest BCUT2D eigenvalue weighted by atomic mass is 10.2. The topological polar surface area (TPSA) is 78.6 Å². The predicted molar refractivity (Wildman–Crippen MR) is 55.9 cm³/mol. The van der Waals surface area contributed by atoms with Gasteiger partial charge in [-0.3, -0.25) is 9.97 Å². The molecule has 2 aromatic rings. The van der Waals surface area contributed by atoms with Crippen molar-refractivity contribution in [1.82, 2.24) is 15.0 Å². The van der Waals surface area contributed by atoms with Crippen molar-refractivity contribution in [3.63, 3.8) is 0 Å². The van der Waals surface area contributed by atoms with Crippen LogP contribution in [0.5, 0.6) is 0 Å². The Morgan fingerprint density at radius 2 is 2.00 bits per heavy atom. The van der Waals surface area contributed by atoms with E-state index in [1.54, 1.807) is 24.3 Å². The second-order valence-corrected chi connectivity index (χ2v) is 3.29. The monoisotopic (exact) mass is 223 g/mol. The molecule has 1 heterocycles. The number of hydrogen-bond donors (Lipinski definition) is 2. The summed E-state index contributed by atoms with van der Waals surface area (Å²) in [5.74, 6) is 0.200. The average molecular weight is 224 g/mol. The number of aromatic nitrogens is 3. The zero-order chi connectivity index (χ0) is 10.8. The first-order valence-electron chi connectivity index (χ1n) is 4.12. The van der Waals surface area contributed by atoms with Gasteiger partial charge in [-0.25, -0.2) is 9.59 Å². The highest BCUT2D eigenvalue weighted by atomic mass is 35.5. The summed E-state index contributed by atoms with van der Waals surface area (Å²) in [6.45, 7) is 0. The van der Waals surface area contributed by atoms with Gasteiger partial charge in [0.2, 0.25) is 0 Å². The lowest BCUT2D eigenvalue weighted by Gasteiger charge is -1.98. The maximum absolute atomic E-state index is 11.0. The van der Waals surface area contributed by atoms with Gasteiger partial charge >= 0.3 is 11.4 Å². The molecule has 15 heavy (non-hydrogen) atoms. The molecule has 0 amide bonds. The Bertz CT molecular complexity index is 574. The molecule has 1 aromatic heterocycles. The number of aromatic amines is 2. The van der Waals surface area contributed by atoms with Crippen LogP contribution in [0.4, 0.5) is 0 Å². The minimum absolute atomic E-state index is 0.200. The van der Waals surface area contributed by atoms with Crippen LogP contribution in [0.1, 0.15) is 0 Å². The lowest BCUT2D eigenvalue weighted by Crippen LogP contribution is -2.25. The minimum Gasteiger partial charge on any atom is -0.291 e. The van der Waals surface area contributed by atoms with E-state index in [0.29, 0.717) is 10.6 Å². The van der Waals surface area contributed by atoms with Crippen molar-refractivity contribution in [3.05, 3.63) is 50.3 Å². The van der Waals surface area contributed by atoms with Gasteiger partial charge < -0.3 is 0 Å². The van der Waals surface area contributed by atoms with Crippen molar-refractivity contribution in [2.45, 2.75) is 0 Å². The zero-order valence-corrected chi connectivity index (χ0v) is 8.21. The number of rotatable bonds is 1. The van der Waals surface area contributed by atoms with Crippen LogP contribution >= 0.6 is 11.6 Å². The molecule has 1 aromatic carbocycles. The largest absolute Gasteiger partial charge is 0.351 e. The van der Waals surface area contributed by atoms with Crippen LogP contribution in [-0.4, -0.2) is 15.0 Å². The Morgan fingerprint density at radius 3 is 2.67 bits per heavy atom. The maximum atomic E-state index is 11.0. The van der Waals surface area contributed by atoms with Gasteiger partial charge in [-0.2, -0.15) is 4.98 Å². The van der Waals surface area contributed by atoms with E-state index in [1.165, 1.54) is 0 Å². The van der Waals surface area contributed by atoms with Crippen molar-refractivity contribution in [1.29, 1.82) is 0 Å². The van der Waals surface area contributed by atoms with Crippen LogP contribution in [0.15, 0.2) is 33.9 Å². The van der Waals surface area contributed by atoms with Gasteiger partial charge in [-0.05, 0) is 12.1 Å². The summed E-state index contributed by atoms with van der Waals surface area (Å²) in [4.78, 5) is 29.9. The molecule has 0 saturated carbocycles. The molecule has 0 bridgehead atoms. The molecule has 0 unspecified atom stereocenters. The summed E-state index contributed by atoms with van der Waals surface area (Å²) in [6.07, 6.45) is 0. The van der Waals surface area contributed by atoms with E-state index >= 15 is 0 Å². The van der Waals surface area contributed by atoms with Crippen LogP contribution in [0, 0.1) is 0 Å². The Labute approximate surface area is 88.8 Å². The smallest absolute Gasteiger partial charge is 0.291 e. The van der Waals surface area contributed by atoms with Gasteiger partial charge in [0.05, 0.1) is 0 Å². The molecule has 76 valence electrons. The summed E-state index contributed by atoms with van der Waals surface area (Å²) in [6, 6.07) is 6.71. The van der Waals surface area contributed by atoms with E-state index in [9.17, 15) is 9.59 Å². The molecule has 0 atom stereocenters. The second-order valence-electron chi connectivity index (χ2n) is 2.86. The predicted octanol–water partition coefficient (Wildman–Crippen LogP) is 0.779. The molecule has 5 nitrogen and oxygen atoms in total. The van der Waals surface area contributed by atoms with Gasteiger partial charge in [0.25, 0.3) is 0 Å². The van der Waals surface area contributed by atoms with Crippen LogP contribution in [0.25, 0.3) is 11.4 Å². The van der Waals surface area contributed by atoms with E-state index in [2.05, 4.69) is 9.97 Å². The molecular formula is C9H6ClN3O2. The molecule has 2 rings (SSSR count). The van der Waals surface area contributed by atoms with E-state index in [1.807, 2.05) is 4.98 Å². The number of nitrogens with one attached hydrogen (secondary N) is 2. The fraction of sp³-hybridized carbons (Fsp3) is 0. The third-order valence-corrected chi connectivity index (χ3v) is 2.00. The van der Waals surface area contributed by atoms with Crippen molar-refractivity contribution < 1.29 is 0 Å². The van der Waals surface area contributed by atoms with Crippen molar-refractivity contribution in [3.8, 4) is 11.4 Å². The van der Waals surface area contributed by atoms with E-state index in [0.717, 1.165) is 0 Å². The van der Waals surface area contributed by atoms with Gasteiger partial charge in [-0.1, -0.05) is 23.7 Å². The lowest BCUT2D eigenvalue weighted by molar-refractivity contribution is 0.943. The second kappa shape index (κ2) is 3.70. The van der Waals surface area contributed by atoms with Gasteiger partial charge in [0.1, 0.15) is 5.82 Å². The molecule has 0 radical (unpaired) electrons. The van der Waals surface area contributed by atoms with Gasteiger partial charge in [0, 0.05) is 10.6 Å². The molecule has 0 aliphatic carbocycles. The van der Waals surface area contributed by atoms with Crippen molar-refractivity contribution in [2.75, 3.05) is 0 Å². The number of hydrogen-bond acceptors (Lipinski definition) is 3. The molecule has 0 aliphatic rings. The molecule has 0 spiro atoms. The molecule has 0 aliphatic heterocycles. The summed E-state index contributed by atoms with van der Waals surface area (Å²) in [5.41, 5.74) is -0.690. The van der Waals surface area contributed by atoms with E-state index < -0.39 is 11.4 Å². The number of nitrogens with zero attached hydrogens (tertiary/aromatic N) is 1. The van der Waals surface area contributed by atoms with Crippen LogP contribution < -0.4 is 11.4 Å². The summed E-state index contributed by atoms with van der Waals surface area (Å²) in [5, 5.41) is 0.510. The first-order chi connectivity index (χ1) is 7.15. The molecule has 6 heteroatoms. The highest BCUT2D eigenvalue weighted by Gasteiger charge is 2.02. The number of halogens is 1. The quantitative estimate of drug-likeness (QED) is 0.750. The van der Waals surface area contributed by atoms with Crippen LogP contribution in [0.3, 0.4) is 0 Å². The minimum atomic E-state index is -0.686. The Hall–Kier alpha value is -1.88. The normalized spacial score (nSPS) is 10.2. The number of H-pyrrole nitrogens is 2. The fourth-order valence-electron chi connectivity index (χ4n) is 1.17. The summed E-state index contributed by atoms with van der Waals surface area (Å²) in [7, 11) is 0. The first-order valence-corrected chi connectivity index (χ1v) is 4.49. The van der Waals surface area contributed by atoms with Crippen molar-refractivity contribution in [2.24, 2.45) is 0 Å². The zero-order valence-electron chi connectivity index (χ0n) is 7.45. The van der Waals surface area contributed by atoms with Gasteiger partial charge in [0.15, 0.2) is 0 Å². The summed E-state index contributed by atoms with van der Waals surface area (Å²) < 4.78 is 0. The standard InChI is InChI=1S/C9H6ClN3O2/c10-6-3-1-2-5(4-6)7-11-8(14)13-9(15)12-7/h1-4H,(H2,11,12,13,14,15). The molecule has 0 saturated heterocycles. The molecular weight excluding hydrogens is 218 g/mol. The van der Waals surface area contributed by atoms with Crippen molar-refractivity contribution >= 4 is 11.6 Å². The van der Waals surface area contributed by atoms with Gasteiger partial charge in [-0.15, -0.1) is 0 Å². The third-order valence-electron chi connectivity index (χ3n) is 1.76. The van der Waals surface area contributed by atoms with E-state index in [4.69, 9.17) is 11.6 Å².